The maximum Gasteiger partial charge on any atom is 0.307 e. The molecule has 6 nitrogen and oxygen atoms in total. The van der Waals surface area contributed by atoms with Gasteiger partial charge in [-0.15, -0.1) is 11.8 Å². The quantitative estimate of drug-likeness (QED) is 0.115. The number of hydrogen-bond acceptors (Lipinski definition) is 5. The second-order valence-electron chi connectivity index (χ2n) is 14.4. The molecule has 6 heteroatoms. The molecule has 286 valence electrons. The fraction of sp³-hybridized carbons (Fsp3) is 0.388. The average molecular weight is 739 g/mol. The molecule has 0 amide bonds. The van der Waals surface area contributed by atoms with E-state index in [0.717, 1.165) is 61.2 Å². The van der Waals surface area contributed by atoms with Gasteiger partial charge in [0.25, 0.3) is 0 Å². The molecular weight excluding hydrogens is 685 g/mol. The summed E-state index contributed by atoms with van der Waals surface area (Å²) in [5, 5.41) is 9.05. The fourth-order valence-corrected chi connectivity index (χ4v) is 7.70. The van der Waals surface area contributed by atoms with E-state index >= 15 is 0 Å². The first-order chi connectivity index (χ1) is 26.8. The molecule has 0 aromatic heterocycles. The van der Waals surface area contributed by atoms with E-state index in [2.05, 4.69) is 84.3 Å². The van der Waals surface area contributed by atoms with Gasteiger partial charge in [0, 0.05) is 0 Å². The van der Waals surface area contributed by atoms with Crippen LogP contribution < -0.4 is 9.47 Å². The summed E-state index contributed by atoms with van der Waals surface area (Å²) >= 11 is 0. The van der Waals surface area contributed by atoms with Crippen molar-refractivity contribution in [3.63, 3.8) is 0 Å². The highest BCUT2D eigenvalue weighted by atomic mass is 16.5. The van der Waals surface area contributed by atoms with Gasteiger partial charge in [-0.3, -0.25) is 9.59 Å². The fourth-order valence-electron chi connectivity index (χ4n) is 7.70. The molecule has 0 heterocycles. The zero-order chi connectivity index (χ0) is 38.8. The van der Waals surface area contributed by atoms with Gasteiger partial charge in [0.1, 0.15) is 11.5 Å². The van der Waals surface area contributed by atoms with E-state index in [0.29, 0.717) is 11.8 Å². The molecule has 2 saturated carbocycles. The molecule has 4 aromatic rings. The number of carboxylic acids is 1. The van der Waals surface area contributed by atoms with Gasteiger partial charge in [-0.2, -0.15) is 0 Å². The average Bonchev–Trinajstić information content (AvgIpc) is 3.22. The van der Waals surface area contributed by atoms with Crippen molar-refractivity contribution in [1.82, 2.24) is 0 Å². The van der Waals surface area contributed by atoms with Crippen LogP contribution in [0, 0.1) is 23.7 Å². The van der Waals surface area contributed by atoms with E-state index in [1.54, 1.807) is 13.8 Å². The Morgan fingerprint density at radius 2 is 0.964 bits per heavy atom. The Balaban J connectivity index is 0.000000211. The Hall–Kier alpha value is -5.46. The molecule has 0 radical (unpaired) electrons. The molecule has 2 aliphatic rings. The molecule has 2 aliphatic carbocycles. The third-order valence-electron chi connectivity index (χ3n) is 10.7. The number of carbonyl (C=O) groups is 2. The first kappa shape index (κ1) is 40.7. The molecule has 55 heavy (non-hydrogen) atoms. The van der Waals surface area contributed by atoms with Crippen molar-refractivity contribution >= 4 is 11.9 Å². The van der Waals surface area contributed by atoms with Crippen molar-refractivity contribution in [2.24, 2.45) is 0 Å². The Bertz CT molecular complexity index is 1880. The Kier molecular flexibility index (Phi) is 15.9. The van der Waals surface area contributed by atoms with E-state index in [9.17, 15) is 9.59 Å². The highest BCUT2D eigenvalue weighted by Crippen LogP contribution is 2.36. The van der Waals surface area contributed by atoms with Crippen LogP contribution in [-0.2, 0) is 14.3 Å². The topological polar surface area (TPSA) is 82.1 Å². The number of aliphatic carboxylic acids is 1. The van der Waals surface area contributed by atoms with Crippen LogP contribution in [0.2, 0.25) is 0 Å². The van der Waals surface area contributed by atoms with Gasteiger partial charge in [-0.25, -0.2) is 0 Å². The van der Waals surface area contributed by atoms with E-state index in [-0.39, 0.29) is 42.9 Å². The predicted molar refractivity (Wildman–Crippen MR) is 218 cm³/mol. The van der Waals surface area contributed by atoms with E-state index in [4.69, 9.17) is 19.3 Å². The normalized spacial score (nSPS) is 20.0. The molecule has 2 unspecified atom stereocenters. The minimum absolute atomic E-state index is 0.0184. The molecule has 0 spiro atoms. The second kappa shape index (κ2) is 21.4. The molecule has 2 atom stereocenters. The van der Waals surface area contributed by atoms with E-state index in [1.807, 2.05) is 48.5 Å². The van der Waals surface area contributed by atoms with Crippen molar-refractivity contribution in [3.05, 3.63) is 131 Å². The molecule has 0 bridgehead atoms. The summed E-state index contributed by atoms with van der Waals surface area (Å²) < 4.78 is 17.2. The number of carbonyl (C=O) groups excluding carboxylic acids is 1. The first-order valence-electron chi connectivity index (χ1n) is 19.6. The minimum atomic E-state index is -0.835. The van der Waals surface area contributed by atoms with E-state index < -0.39 is 5.97 Å². The highest BCUT2D eigenvalue weighted by Gasteiger charge is 2.25. The number of rotatable bonds is 12. The standard InChI is InChI=1S/C25H28O3.C24H26O3/c1-3-7-22(18-25(26)27-2)21-12-16-24(17-13-21)28-23-14-10-20(11-15-23)19-8-5-4-6-9-19;1-2-6-21(17-24(25)26)20-11-15-23(16-12-20)27-22-13-9-19(10-14-22)18-7-4-3-5-8-18/h4-6,8-9,12-13,16-17,20,22-23H,10-11,14-15,18H2,1-2H3;3-5,7-8,11-12,15-16,19,21-22H,9-10,13-14,17H2,1H3,(H,25,26). The maximum atomic E-state index is 11.6. The number of esters is 1. The first-order valence-corrected chi connectivity index (χ1v) is 19.6. The second-order valence-corrected chi connectivity index (χ2v) is 14.4. The van der Waals surface area contributed by atoms with Crippen LogP contribution >= 0.6 is 0 Å². The summed E-state index contributed by atoms with van der Waals surface area (Å²) in [6.45, 7) is 3.52. The highest BCUT2D eigenvalue weighted by molar-refractivity contribution is 5.71. The van der Waals surface area contributed by atoms with Crippen molar-refractivity contribution < 1.29 is 28.9 Å². The number of methoxy groups -OCH3 is 1. The number of hydrogen-bond donors (Lipinski definition) is 1. The summed E-state index contributed by atoms with van der Waals surface area (Å²) in [5.74, 6) is 13.3. The van der Waals surface area contributed by atoms with Crippen LogP contribution in [0.4, 0.5) is 0 Å². The number of carboxylic acid groups (broad SMARTS) is 1. The lowest BCUT2D eigenvalue weighted by molar-refractivity contribution is -0.141. The molecule has 6 rings (SSSR count). The van der Waals surface area contributed by atoms with Gasteiger partial charge in [-0.1, -0.05) is 96.8 Å². The van der Waals surface area contributed by atoms with Crippen LogP contribution in [0.1, 0.15) is 124 Å². The SMILES string of the molecule is CC#CC(CC(=O)O)c1ccc(OC2CCC(c3ccccc3)CC2)cc1.CC#CC(CC(=O)OC)c1ccc(OC2CCC(c3ccccc3)CC2)cc1. The van der Waals surface area contributed by atoms with Gasteiger partial charge in [0.05, 0.1) is 44.0 Å². The molecular formula is C49H54O6. The summed E-state index contributed by atoms with van der Waals surface area (Å²) in [6.07, 6.45) is 9.72. The van der Waals surface area contributed by atoms with Crippen molar-refractivity contribution in [2.45, 2.75) is 114 Å². The van der Waals surface area contributed by atoms with Crippen LogP contribution in [0.3, 0.4) is 0 Å². The zero-order valence-electron chi connectivity index (χ0n) is 32.4. The van der Waals surface area contributed by atoms with Crippen LogP contribution in [0.15, 0.2) is 109 Å². The summed E-state index contributed by atoms with van der Waals surface area (Å²) in [5.41, 5.74) is 4.81. The predicted octanol–water partition coefficient (Wildman–Crippen LogP) is 10.8. The van der Waals surface area contributed by atoms with Crippen molar-refractivity contribution in [3.8, 4) is 35.2 Å². The lowest BCUT2D eigenvalue weighted by atomic mass is 9.83. The third-order valence-corrected chi connectivity index (χ3v) is 10.7. The summed E-state index contributed by atoms with van der Waals surface area (Å²) in [6, 6.07) is 37.2. The Labute approximate surface area is 327 Å². The van der Waals surface area contributed by atoms with Gasteiger partial charge in [0.15, 0.2) is 0 Å². The molecule has 0 saturated heterocycles. The van der Waals surface area contributed by atoms with Crippen LogP contribution in [-0.4, -0.2) is 36.4 Å². The summed E-state index contributed by atoms with van der Waals surface area (Å²) in [4.78, 5) is 22.6. The third kappa shape index (κ3) is 12.8. The number of benzene rings is 4. The van der Waals surface area contributed by atoms with Gasteiger partial charge in [-0.05, 0) is 124 Å². The van der Waals surface area contributed by atoms with E-state index in [1.165, 1.54) is 31.1 Å². The molecule has 4 aromatic carbocycles. The Morgan fingerprint density at radius 3 is 1.31 bits per heavy atom. The van der Waals surface area contributed by atoms with Gasteiger partial charge in [0.2, 0.25) is 0 Å². The molecule has 1 N–H and O–H groups in total. The minimum Gasteiger partial charge on any atom is -0.490 e. The van der Waals surface area contributed by atoms with Crippen LogP contribution in [0.5, 0.6) is 11.5 Å². The molecule has 2 fully saturated rings. The smallest absolute Gasteiger partial charge is 0.307 e. The molecule has 0 aliphatic heterocycles. The monoisotopic (exact) mass is 738 g/mol. The van der Waals surface area contributed by atoms with Crippen LogP contribution in [0.25, 0.3) is 0 Å². The zero-order valence-corrected chi connectivity index (χ0v) is 32.4. The van der Waals surface area contributed by atoms with Gasteiger partial charge >= 0.3 is 11.9 Å². The maximum absolute atomic E-state index is 11.6. The van der Waals surface area contributed by atoms with Crippen molar-refractivity contribution in [1.29, 1.82) is 0 Å². The van der Waals surface area contributed by atoms with Gasteiger partial charge < -0.3 is 19.3 Å². The lowest BCUT2D eigenvalue weighted by Gasteiger charge is -2.29. The lowest BCUT2D eigenvalue weighted by Crippen LogP contribution is -2.23. The Morgan fingerprint density at radius 1 is 0.582 bits per heavy atom. The number of ether oxygens (including phenoxy) is 3. The summed E-state index contributed by atoms with van der Waals surface area (Å²) in [7, 11) is 1.40. The largest absolute Gasteiger partial charge is 0.490 e. The van der Waals surface area contributed by atoms with Crippen molar-refractivity contribution in [2.75, 3.05) is 7.11 Å².